The van der Waals surface area contributed by atoms with E-state index in [-0.39, 0.29) is 12.5 Å². The Hall–Kier alpha value is -4.66. The van der Waals surface area contributed by atoms with Crippen molar-refractivity contribution in [1.82, 2.24) is 20.3 Å². The van der Waals surface area contributed by atoms with E-state index in [0.29, 0.717) is 18.1 Å². The third-order valence-electron chi connectivity index (χ3n) is 7.13. The standard InChI is InChI=1S/C28H25N5O4/c34-24-16-37-26-23(33(24)15-21-14-29-17-30-21)13-22(18-5-2-1-3-6-18)25(31-26)19-7-9-20(10-8-19)28(11-4-12-28)32-27(35)36/h1-3,5-10,13-14,17,32H,4,11-12,15-16H2,(H,29,30)(H,35,36). The fourth-order valence-electron chi connectivity index (χ4n) is 5.07. The Balaban J connectivity index is 1.43. The molecule has 2 aliphatic rings. The number of rotatable bonds is 6. The molecule has 1 aliphatic carbocycles. The van der Waals surface area contributed by atoms with Crippen LogP contribution in [-0.4, -0.2) is 38.7 Å². The Morgan fingerprint density at radius 1 is 1.11 bits per heavy atom. The molecule has 186 valence electrons. The van der Waals surface area contributed by atoms with Crippen LogP contribution in [0.15, 0.2) is 73.2 Å². The molecule has 0 unspecified atom stereocenters. The van der Waals surface area contributed by atoms with Crippen molar-refractivity contribution in [1.29, 1.82) is 0 Å². The highest BCUT2D eigenvalue weighted by Gasteiger charge is 2.40. The number of fused-ring (bicyclic) bond motifs is 1. The molecular formula is C28H25N5O4. The number of carboxylic acid groups (broad SMARTS) is 1. The first-order valence-corrected chi connectivity index (χ1v) is 12.2. The maximum Gasteiger partial charge on any atom is 0.405 e. The number of aromatic amines is 1. The Bertz CT molecular complexity index is 1450. The lowest BCUT2D eigenvalue weighted by Gasteiger charge is -2.42. The lowest BCUT2D eigenvalue weighted by Crippen LogP contribution is -2.50. The van der Waals surface area contributed by atoms with Gasteiger partial charge in [-0.1, -0.05) is 54.6 Å². The van der Waals surface area contributed by atoms with Gasteiger partial charge in [-0.3, -0.25) is 9.69 Å². The van der Waals surface area contributed by atoms with Crippen LogP contribution in [0.4, 0.5) is 10.5 Å². The number of carbonyl (C=O) groups is 2. The number of nitrogens with zero attached hydrogens (tertiary/aromatic N) is 3. The Morgan fingerprint density at radius 3 is 2.54 bits per heavy atom. The maximum absolute atomic E-state index is 12.8. The number of pyridine rings is 1. The second kappa shape index (κ2) is 9.09. The minimum Gasteiger partial charge on any atom is -0.466 e. The summed E-state index contributed by atoms with van der Waals surface area (Å²) >= 11 is 0. The summed E-state index contributed by atoms with van der Waals surface area (Å²) in [5.74, 6) is 0.234. The number of H-pyrrole nitrogens is 1. The number of aromatic nitrogens is 3. The molecular weight excluding hydrogens is 470 g/mol. The van der Waals surface area contributed by atoms with Crippen LogP contribution in [0, 0.1) is 0 Å². The van der Waals surface area contributed by atoms with Gasteiger partial charge in [-0.15, -0.1) is 0 Å². The number of benzene rings is 2. The van der Waals surface area contributed by atoms with Crippen molar-refractivity contribution in [2.75, 3.05) is 11.5 Å². The summed E-state index contributed by atoms with van der Waals surface area (Å²) in [7, 11) is 0. The van der Waals surface area contributed by atoms with Crippen molar-refractivity contribution < 1.29 is 19.4 Å². The second-order valence-electron chi connectivity index (χ2n) is 9.36. The minimum absolute atomic E-state index is 0.0967. The summed E-state index contributed by atoms with van der Waals surface area (Å²) in [6.07, 6.45) is 4.80. The lowest BCUT2D eigenvalue weighted by molar-refractivity contribution is -0.121. The number of nitrogens with one attached hydrogen (secondary N) is 2. The number of anilines is 1. The molecule has 0 atom stereocenters. The van der Waals surface area contributed by atoms with Gasteiger partial charge in [0.1, 0.15) is 5.69 Å². The summed E-state index contributed by atoms with van der Waals surface area (Å²) in [5.41, 5.74) is 5.23. The molecule has 0 saturated heterocycles. The molecule has 37 heavy (non-hydrogen) atoms. The van der Waals surface area contributed by atoms with Crippen molar-refractivity contribution in [2.24, 2.45) is 0 Å². The van der Waals surface area contributed by atoms with E-state index in [0.717, 1.165) is 52.9 Å². The SMILES string of the molecule is O=C(O)NC1(c2ccc(-c3nc4c(cc3-c3ccccc3)N(Cc3cnc[nH]3)C(=O)CO4)cc2)CCC1. The molecule has 6 rings (SSSR count). The number of hydrogen-bond acceptors (Lipinski definition) is 5. The fourth-order valence-corrected chi connectivity index (χ4v) is 5.07. The average Bonchev–Trinajstić information content (AvgIpc) is 3.41. The number of carbonyl (C=O) groups excluding carboxylic acids is 1. The van der Waals surface area contributed by atoms with E-state index in [2.05, 4.69) is 15.3 Å². The van der Waals surface area contributed by atoms with Gasteiger partial charge in [-0.05, 0) is 36.5 Å². The molecule has 2 aromatic heterocycles. The van der Waals surface area contributed by atoms with Crippen LogP contribution in [-0.2, 0) is 16.9 Å². The van der Waals surface area contributed by atoms with Gasteiger partial charge in [0.2, 0.25) is 5.88 Å². The number of imidazole rings is 1. The smallest absolute Gasteiger partial charge is 0.405 e. The number of amides is 2. The monoisotopic (exact) mass is 495 g/mol. The van der Waals surface area contributed by atoms with Crippen molar-refractivity contribution in [3.8, 4) is 28.3 Å². The van der Waals surface area contributed by atoms with Crippen molar-refractivity contribution in [3.05, 3.63) is 84.4 Å². The van der Waals surface area contributed by atoms with Crippen molar-refractivity contribution in [2.45, 2.75) is 31.3 Å². The third-order valence-corrected chi connectivity index (χ3v) is 7.13. The molecule has 3 heterocycles. The predicted molar refractivity (Wildman–Crippen MR) is 137 cm³/mol. The molecule has 3 N–H and O–H groups in total. The zero-order valence-electron chi connectivity index (χ0n) is 20.0. The zero-order chi connectivity index (χ0) is 25.4. The second-order valence-corrected chi connectivity index (χ2v) is 9.36. The van der Waals surface area contributed by atoms with Gasteiger partial charge >= 0.3 is 6.09 Å². The quantitative estimate of drug-likeness (QED) is 0.356. The minimum atomic E-state index is -1.02. The Labute approximate surface area is 213 Å². The molecule has 0 spiro atoms. The van der Waals surface area contributed by atoms with E-state index in [1.807, 2.05) is 60.7 Å². The molecule has 0 radical (unpaired) electrons. The average molecular weight is 496 g/mol. The van der Waals surface area contributed by atoms with Gasteiger partial charge in [0.05, 0.1) is 29.8 Å². The van der Waals surface area contributed by atoms with Crippen LogP contribution in [0.3, 0.4) is 0 Å². The summed E-state index contributed by atoms with van der Waals surface area (Å²) < 4.78 is 5.78. The van der Waals surface area contributed by atoms with Crippen LogP contribution in [0.25, 0.3) is 22.4 Å². The summed E-state index contributed by atoms with van der Waals surface area (Å²) in [5, 5.41) is 12.0. The fraction of sp³-hybridized carbons (Fsp3) is 0.214. The van der Waals surface area contributed by atoms with Gasteiger partial charge in [-0.2, -0.15) is 0 Å². The highest BCUT2D eigenvalue weighted by Crippen LogP contribution is 2.43. The van der Waals surface area contributed by atoms with Gasteiger partial charge in [0, 0.05) is 17.3 Å². The molecule has 9 nitrogen and oxygen atoms in total. The van der Waals surface area contributed by atoms with Crippen LogP contribution in [0.5, 0.6) is 5.88 Å². The van der Waals surface area contributed by atoms with Crippen LogP contribution < -0.4 is 15.0 Å². The van der Waals surface area contributed by atoms with E-state index >= 15 is 0 Å². The molecule has 9 heteroatoms. The first-order chi connectivity index (χ1) is 18.0. The molecule has 2 aromatic carbocycles. The summed E-state index contributed by atoms with van der Waals surface area (Å²) in [4.78, 5) is 37.9. The van der Waals surface area contributed by atoms with Crippen molar-refractivity contribution in [3.63, 3.8) is 0 Å². The largest absolute Gasteiger partial charge is 0.466 e. The Kier molecular flexibility index (Phi) is 5.60. The first kappa shape index (κ1) is 22.8. The number of hydrogen-bond donors (Lipinski definition) is 3. The molecule has 2 amide bonds. The zero-order valence-corrected chi connectivity index (χ0v) is 20.0. The van der Waals surface area contributed by atoms with Gasteiger partial charge in [-0.25, -0.2) is 14.8 Å². The van der Waals surface area contributed by atoms with E-state index in [4.69, 9.17) is 9.72 Å². The maximum atomic E-state index is 12.8. The van der Waals surface area contributed by atoms with Crippen LogP contribution >= 0.6 is 0 Å². The van der Waals surface area contributed by atoms with Gasteiger partial charge in [0.25, 0.3) is 5.91 Å². The lowest BCUT2D eigenvalue weighted by atomic mass is 9.71. The summed E-state index contributed by atoms with van der Waals surface area (Å²) in [6, 6.07) is 19.7. The molecule has 0 bridgehead atoms. The van der Waals surface area contributed by atoms with E-state index in [1.165, 1.54) is 0 Å². The van der Waals surface area contributed by atoms with E-state index < -0.39 is 11.6 Å². The van der Waals surface area contributed by atoms with Crippen LogP contribution in [0.2, 0.25) is 0 Å². The van der Waals surface area contributed by atoms with E-state index in [1.54, 1.807) is 17.4 Å². The first-order valence-electron chi connectivity index (χ1n) is 12.2. The van der Waals surface area contributed by atoms with Crippen LogP contribution in [0.1, 0.15) is 30.5 Å². The number of ether oxygens (including phenoxy) is 1. The predicted octanol–water partition coefficient (Wildman–Crippen LogP) is 4.71. The molecule has 1 saturated carbocycles. The normalized spacial score (nSPS) is 15.9. The van der Waals surface area contributed by atoms with Crippen molar-refractivity contribution >= 4 is 17.7 Å². The molecule has 1 fully saturated rings. The Morgan fingerprint density at radius 2 is 1.89 bits per heavy atom. The topological polar surface area (TPSA) is 120 Å². The highest BCUT2D eigenvalue weighted by atomic mass is 16.5. The van der Waals surface area contributed by atoms with E-state index in [9.17, 15) is 14.7 Å². The summed E-state index contributed by atoms with van der Waals surface area (Å²) in [6.45, 7) is 0.235. The molecule has 4 aromatic rings. The third kappa shape index (κ3) is 4.18. The highest BCUT2D eigenvalue weighted by molar-refractivity contribution is 5.99. The van der Waals surface area contributed by atoms with Gasteiger partial charge in [0.15, 0.2) is 6.61 Å². The molecule has 1 aliphatic heterocycles. The van der Waals surface area contributed by atoms with Gasteiger partial charge < -0.3 is 20.1 Å².